The molecule has 0 amide bonds. The van der Waals surface area contributed by atoms with Gasteiger partial charge in [-0.3, -0.25) is 4.98 Å². The molecule has 1 aromatic heterocycles. The van der Waals surface area contributed by atoms with E-state index in [0.717, 1.165) is 11.5 Å². The maximum Gasteiger partial charge on any atom is 0.147 e. The lowest BCUT2D eigenvalue weighted by molar-refractivity contribution is 0.781. The fourth-order valence-corrected chi connectivity index (χ4v) is 0.877. The topological polar surface area (TPSA) is 61.6 Å². The predicted molar refractivity (Wildman–Crippen MR) is 50.0 cm³/mol. The fraction of sp³-hybridized carbons (Fsp3) is 0.444. The van der Waals surface area contributed by atoms with Gasteiger partial charge in [0, 0.05) is 18.9 Å². The zero-order valence-electron chi connectivity index (χ0n) is 7.78. The van der Waals surface area contributed by atoms with Gasteiger partial charge >= 0.3 is 0 Å². The third-order valence-electron chi connectivity index (χ3n) is 1.68. The summed E-state index contributed by atoms with van der Waals surface area (Å²) in [6.45, 7) is 4.35. The summed E-state index contributed by atoms with van der Waals surface area (Å²) in [5.74, 6) is 0.742. The summed E-state index contributed by atoms with van der Waals surface area (Å²) in [7, 11) is 0. The number of anilines is 1. The summed E-state index contributed by atoms with van der Waals surface area (Å²) >= 11 is 0. The van der Waals surface area contributed by atoms with Crippen LogP contribution in [0.5, 0.6) is 0 Å². The van der Waals surface area contributed by atoms with Gasteiger partial charge in [-0.15, -0.1) is 0 Å². The highest BCUT2D eigenvalue weighted by atomic mass is 15.0. The monoisotopic (exact) mass is 176 g/mol. The molecule has 0 saturated carbocycles. The van der Waals surface area contributed by atoms with E-state index < -0.39 is 0 Å². The third kappa shape index (κ3) is 2.71. The maximum atomic E-state index is 8.56. The Hall–Kier alpha value is -1.63. The molecule has 68 valence electrons. The minimum absolute atomic E-state index is 0.0126. The Morgan fingerprint density at radius 3 is 2.85 bits per heavy atom. The second-order valence-electron chi connectivity index (χ2n) is 2.90. The minimum Gasteiger partial charge on any atom is -0.367 e. The van der Waals surface area contributed by atoms with E-state index in [1.165, 1.54) is 0 Å². The first-order valence-corrected chi connectivity index (χ1v) is 4.15. The highest BCUT2D eigenvalue weighted by Crippen LogP contribution is 2.06. The van der Waals surface area contributed by atoms with Gasteiger partial charge in [0.15, 0.2) is 0 Å². The van der Waals surface area contributed by atoms with Crippen molar-refractivity contribution in [3.8, 4) is 6.07 Å². The summed E-state index contributed by atoms with van der Waals surface area (Å²) in [5.41, 5.74) is 0.854. The lowest BCUT2D eigenvalue weighted by atomic mass is 10.2. The Bertz CT molecular complexity index is 316. The Morgan fingerprint density at radius 1 is 1.54 bits per heavy atom. The van der Waals surface area contributed by atoms with Crippen molar-refractivity contribution < 1.29 is 0 Å². The van der Waals surface area contributed by atoms with Gasteiger partial charge in [-0.05, 0) is 13.8 Å². The number of rotatable bonds is 3. The molecule has 0 radical (unpaired) electrons. The molecule has 13 heavy (non-hydrogen) atoms. The minimum atomic E-state index is -0.0126. The molecule has 0 saturated heterocycles. The van der Waals surface area contributed by atoms with Gasteiger partial charge in [-0.2, -0.15) is 5.26 Å². The van der Waals surface area contributed by atoms with Crippen molar-refractivity contribution in [3.63, 3.8) is 0 Å². The van der Waals surface area contributed by atoms with E-state index in [1.54, 1.807) is 12.4 Å². The van der Waals surface area contributed by atoms with Crippen LogP contribution in [0.3, 0.4) is 0 Å². The molecule has 1 aromatic rings. The summed E-state index contributed by atoms with van der Waals surface area (Å²) < 4.78 is 0. The molecule has 4 heteroatoms. The quantitative estimate of drug-likeness (QED) is 0.755. The summed E-state index contributed by atoms with van der Waals surface area (Å²) in [5, 5.41) is 11.6. The molecule has 0 aliphatic carbocycles. The van der Waals surface area contributed by atoms with E-state index in [0.29, 0.717) is 6.54 Å². The Kier molecular flexibility index (Phi) is 3.21. The molecule has 4 nitrogen and oxygen atoms in total. The largest absolute Gasteiger partial charge is 0.367 e. The van der Waals surface area contributed by atoms with Gasteiger partial charge in [-0.1, -0.05) is 0 Å². The molecule has 0 aliphatic rings. The van der Waals surface area contributed by atoms with Gasteiger partial charge in [0.2, 0.25) is 0 Å². The fourth-order valence-electron chi connectivity index (χ4n) is 0.877. The van der Waals surface area contributed by atoms with Crippen LogP contribution in [-0.4, -0.2) is 16.5 Å². The zero-order chi connectivity index (χ0) is 9.68. The van der Waals surface area contributed by atoms with Gasteiger partial charge in [-0.25, -0.2) is 4.98 Å². The first kappa shape index (κ1) is 9.46. The van der Waals surface area contributed by atoms with Crippen molar-refractivity contribution in [1.29, 1.82) is 5.26 Å². The molecule has 1 unspecified atom stereocenters. The van der Waals surface area contributed by atoms with Crippen LogP contribution in [0.1, 0.15) is 12.6 Å². The summed E-state index contributed by atoms with van der Waals surface area (Å²) in [6, 6.07) is 2.14. The molecule has 0 aliphatic heterocycles. The zero-order valence-corrected chi connectivity index (χ0v) is 7.78. The standard InChI is InChI=1S/C9H12N4/c1-7(5-10)6-13-9-8(2)11-3-4-12-9/h3-4,7H,6H2,1-2H3,(H,12,13). The Balaban J connectivity index is 2.56. The number of hydrogen-bond acceptors (Lipinski definition) is 4. The van der Waals surface area contributed by atoms with E-state index in [1.807, 2.05) is 13.8 Å². The maximum absolute atomic E-state index is 8.56. The van der Waals surface area contributed by atoms with Crippen molar-refractivity contribution in [3.05, 3.63) is 18.1 Å². The van der Waals surface area contributed by atoms with E-state index >= 15 is 0 Å². The number of nitriles is 1. The Labute approximate surface area is 77.6 Å². The van der Waals surface area contributed by atoms with Crippen molar-refractivity contribution in [2.24, 2.45) is 5.92 Å². The molecule has 0 aromatic carbocycles. The lowest BCUT2D eigenvalue weighted by Gasteiger charge is -2.07. The van der Waals surface area contributed by atoms with Gasteiger partial charge in [0.1, 0.15) is 5.82 Å². The van der Waals surface area contributed by atoms with Crippen LogP contribution >= 0.6 is 0 Å². The first-order chi connectivity index (χ1) is 6.24. The number of nitrogens with zero attached hydrogens (tertiary/aromatic N) is 3. The van der Waals surface area contributed by atoms with Crippen LogP contribution in [0.4, 0.5) is 5.82 Å². The third-order valence-corrected chi connectivity index (χ3v) is 1.68. The van der Waals surface area contributed by atoms with Gasteiger partial charge in [0.05, 0.1) is 17.7 Å². The SMILES string of the molecule is Cc1nccnc1NCC(C)C#N. The smallest absolute Gasteiger partial charge is 0.147 e. The average molecular weight is 176 g/mol. The van der Waals surface area contributed by atoms with E-state index in [9.17, 15) is 0 Å². The summed E-state index contributed by atoms with van der Waals surface area (Å²) in [6.07, 6.45) is 3.28. The van der Waals surface area contributed by atoms with Crippen LogP contribution in [-0.2, 0) is 0 Å². The normalized spacial score (nSPS) is 11.8. The van der Waals surface area contributed by atoms with Crippen LogP contribution < -0.4 is 5.32 Å². The molecular formula is C9H12N4. The summed E-state index contributed by atoms with van der Waals surface area (Å²) in [4.78, 5) is 8.18. The molecular weight excluding hydrogens is 164 g/mol. The second kappa shape index (κ2) is 4.41. The van der Waals surface area contributed by atoms with Crippen molar-refractivity contribution >= 4 is 5.82 Å². The van der Waals surface area contributed by atoms with Gasteiger partial charge < -0.3 is 5.32 Å². The molecule has 1 heterocycles. The van der Waals surface area contributed by atoms with E-state index in [4.69, 9.17) is 5.26 Å². The molecule has 1 atom stereocenters. The molecule has 1 N–H and O–H groups in total. The van der Waals surface area contributed by atoms with Crippen LogP contribution in [0.15, 0.2) is 12.4 Å². The second-order valence-corrected chi connectivity index (χ2v) is 2.90. The predicted octanol–water partition coefficient (Wildman–Crippen LogP) is 1.36. The van der Waals surface area contributed by atoms with Crippen LogP contribution in [0.2, 0.25) is 0 Å². The van der Waals surface area contributed by atoms with Crippen LogP contribution in [0, 0.1) is 24.2 Å². The highest BCUT2D eigenvalue weighted by Gasteiger charge is 2.02. The number of aromatic nitrogens is 2. The van der Waals surface area contributed by atoms with E-state index in [-0.39, 0.29) is 5.92 Å². The van der Waals surface area contributed by atoms with Crippen LogP contribution in [0.25, 0.3) is 0 Å². The van der Waals surface area contributed by atoms with Crippen molar-refractivity contribution in [2.75, 3.05) is 11.9 Å². The lowest BCUT2D eigenvalue weighted by Crippen LogP contribution is -2.11. The van der Waals surface area contributed by atoms with Crippen molar-refractivity contribution in [1.82, 2.24) is 9.97 Å². The number of nitrogens with one attached hydrogen (secondary N) is 1. The number of hydrogen-bond donors (Lipinski definition) is 1. The first-order valence-electron chi connectivity index (χ1n) is 4.15. The molecule has 0 bridgehead atoms. The molecule has 1 rings (SSSR count). The van der Waals surface area contributed by atoms with Crippen molar-refractivity contribution in [2.45, 2.75) is 13.8 Å². The molecule has 0 spiro atoms. The number of aryl methyl sites for hydroxylation is 1. The van der Waals surface area contributed by atoms with Gasteiger partial charge in [0.25, 0.3) is 0 Å². The molecule has 0 fully saturated rings. The highest BCUT2D eigenvalue weighted by molar-refractivity contribution is 5.38. The average Bonchev–Trinajstić information content (AvgIpc) is 2.16. The Morgan fingerprint density at radius 2 is 2.23 bits per heavy atom. The van der Waals surface area contributed by atoms with E-state index in [2.05, 4.69) is 21.4 Å².